The molecule has 5 rings (SSSR count). The quantitative estimate of drug-likeness (QED) is 0.664. The van der Waals surface area contributed by atoms with E-state index in [1.165, 1.54) is 10.9 Å². The first kappa shape index (κ1) is 20.4. The number of aromatic nitrogens is 2. The van der Waals surface area contributed by atoms with Crippen molar-refractivity contribution in [2.75, 3.05) is 5.32 Å². The molecule has 166 valence electrons. The molecular formula is C20H23F2N5O3S. The number of carbonyl (C=O) groups is 1. The van der Waals surface area contributed by atoms with Crippen LogP contribution in [0.3, 0.4) is 0 Å². The summed E-state index contributed by atoms with van der Waals surface area (Å²) in [5, 5.41) is 12.5. The third-order valence-corrected chi connectivity index (χ3v) is 7.30. The van der Waals surface area contributed by atoms with Gasteiger partial charge >= 0.3 is 0 Å². The highest BCUT2D eigenvalue weighted by Crippen LogP contribution is 2.45. The second-order valence-corrected chi connectivity index (χ2v) is 10.6. The van der Waals surface area contributed by atoms with E-state index in [-0.39, 0.29) is 29.4 Å². The predicted octanol–water partition coefficient (Wildman–Crippen LogP) is 2.58. The Morgan fingerprint density at radius 3 is 2.71 bits per heavy atom. The van der Waals surface area contributed by atoms with E-state index in [2.05, 4.69) is 10.4 Å². The predicted molar refractivity (Wildman–Crippen MR) is 109 cm³/mol. The molecule has 2 aliphatic carbocycles. The highest BCUT2D eigenvalue weighted by molar-refractivity contribution is 7.90. The van der Waals surface area contributed by atoms with Gasteiger partial charge in [0.1, 0.15) is 32.4 Å². The van der Waals surface area contributed by atoms with Gasteiger partial charge in [-0.2, -0.15) is 5.10 Å². The highest BCUT2D eigenvalue weighted by atomic mass is 32.2. The van der Waals surface area contributed by atoms with Gasteiger partial charge in [0, 0.05) is 18.5 Å². The fourth-order valence-corrected chi connectivity index (χ4v) is 5.65. The van der Waals surface area contributed by atoms with Gasteiger partial charge in [-0.15, -0.1) is 0 Å². The second kappa shape index (κ2) is 6.49. The zero-order valence-electron chi connectivity index (χ0n) is 17.1. The summed E-state index contributed by atoms with van der Waals surface area (Å²) in [6.07, 6.45) is 2.01. The Labute approximate surface area is 178 Å². The number of hydrogen-bond acceptors (Lipinski definition) is 5. The van der Waals surface area contributed by atoms with E-state index in [4.69, 9.17) is 14.7 Å². The van der Waals surface area contributed by atoms with Crippen LogP contribution in [0.1, 0.15) is 48.6 Å². The summed E-state index contributed by atoms with van der Waals surface area (Å²) in [6, 6.07) is -0.946. The van der Waals surface area contributed by atoms with Gasteiger partial charge in [-0.05, 0) is 55.4 Å². The molecule has 11 heteroatoms. The van der Waals surface area contributed by atoms with Crippen LogP contribution in [0.2, 0.25) is 0 Å². The molecule has 0 bridgehead atoms. The van der Waals surface area contributed by atoms with Gasteiger partial charge in [0.05, 0.1) is 6.20 Å². The molecule has 2 aromatic rings. The molecule has 0 saturated carbocycles. The van der Waals surface area contributed by atoms with Gasteiger partial charge < -0.3 is 10.1 Å². The van der Waals surface area contributed by atoms with Gasteiger partial charge in [-0.1, -0.05) is 0 Å². The largest absolute Gasteiger partial charge is 0.468 e. The zero-order valence-corrected chi connectivity index (χ0v) is 17.9. The number of alkyl halides is 1. The maximum Gasteiger partial charge on any atom is 0.253 e. The topological polar surface area (TPSA) is 123 Å². The lowest BCUT2D eigenvalue weighted by Crippen LogP contribution is -2.41. The summed E-state index contributed by atoms with van der Waals surface area (Å²) in [4.78, 5) is 13.3. The second-order valence-electron chi connectivity index (χ2n) is 8.92. The SMILES string of the molecule is CC1(C)Oc2c(S(=N)(N)=O)cnn2C1C(=O)Nc1c2c(c(F)c3c1C[C@H](F)C3)CCC2. The van der Waals surface area contributed by atoms with Crippen molar-refractivity contribution in [3.05, 3.63) is 34.3 Å². The molecule has 1 aliphatic heterocycles. The first-order chi connectivity index (χ1) is 14.5. The number of anilines is 1. The molecule has 0 spiro atoms. The van der Waals surface area contributed by atoms with Crippen LogP contribution < -0.4 is 15.2 Å². The van der Waals surface area contributed by atoms with Gasteiger partial charge in [0.2, 0.25) is 5.88 Å². The maximum atomic E-state index is 14.9. The van der Waals surface area contributed by atoms with Crippen LogP contribution >= 0.6 is 0 Å². The van der Waals surface area contributed by atoms with Crippen LogP contribution in [-0.4, -0.2) is 31.7 Å². The van der Waals surface area contributed by atoms with Crippen LogP contribution in [0.15, 0.2) is 11.1 Å². The van der Waals surface area contributed by atoms with Crippen LogP contribution in [0, 0.1) is 10.6 Å². The summed E-state index contributed by atoms with van der Waals surface area (Å²) in [5.41, 5.74) is 1.59. The molecule has 3 atom stereocenters. The van der Waals surface area contributed by atoms with Crippen LogP contribution in [-0.2, 0) is 40.4 Å². The van der Waals surface area contributed by atoms with Crippen LogP contribution in [0.25, 0.3) is 0 Å². The van der Waals surface area contributed by atoms with E-state index in [1.54, 1.807) is 13.8 Å². The Bertz CT molecular complexity index is 1240. The van der Waals surface area contributed by atoms with E-state index in [1.807, 2.05) is 0 Å². The average Bonchev–Trinajstić information content (AvgIpc) is 3.39. The third-order valence-electron chi connectivity index (χ3n) is 6.37. The Hall–Kier alpha value is -2.53. The number of carbonyl (C=O) groups excluding carboxylic acids is 1. The molecule has 1 amide bonds. The number of rotatable bonds is 3. The molecule has 2 heterocycles. The van der Waals surface area contributed by atoms with Crippen molar-refractivity contribution in [1.82, 2.24) is 9.78 Å². The summed E-state index contributed by atoms with van der Waals surface area (Å²) in [7, 11) is -3.59. The molecule has 31 heavy (non-hydrogen) atoms. The van der Waals surface area contributed by atoms with E-state index in [9.17, 15) is 17.8 Å². The summed E-state index contributed by atoms with van der Waals surface area (Å²) in [6.45, 7) is 3.35. The van der Waals surface area contributed by atoms with Crippen molar-refractivity contribution >= 4 is 21.5 Å². The summed E-state index contributed by atoms with van der Waals surface area (Å²) >= 11 is 0. The molecule has 0 radical (unpaired) electrons. The minimum atomic E-state index is -3.59. The van der Waals surface area contributed by atoms with Gasteiger partial charge in [-0.3, -0.25) is 4.79 Å². The van der Waals surface area contributed by atoms with Crippen LogP contribution in [0.4, 0.5) is 14.5 Å². The molecule has 1 aromatic carbocycles. The summed E-state index contributed by atoms with van der Waals surface area (Å²) in [5.74, 6) is -0.777. The molecule has 3 aliphatic rings. The number of hydrogen-bond donors (Lipinski definition) is 3. The van der Waals surface area contributed by atoms with E-state index in [0.717, 1.165) is 12.0 Å². The van der Waals surface area contributed by atoms with Crippen molar-refractivity contribution in [3.8, 4) is 5.88 Å². The number of nitrogens with one attached hydrogen (secondary N) is 2. The number of fused-ring (bicyclic) bond motifs is 3. The summed E-state index contributed by atoms with van der Waals surface area (Å²) < 4.78 is 55.9. The zero-order chi connectivity index (χ0) is 22.3. The Morgan fingerprint density at radius 1 is 1.32 bits per heavy atom. The van der Waals surface area contributed by atoms with E-state index >= 15 is 0 Å². The number of benzene rings is 1. The monoisotopic (exact) mass is 451 g/mol. The van der Waals surface area contributed by atoms with E-state index < -0.39 is 33.6 Å². The smallest absolute Gasteiger partial charge is 0.253 e. The Morgan fingerprint density at radius 2 is 2.00 bits per heavy atom. The number of ether oxygens (including phenoxy) is 1. The number of nitrogens with two attached hydrogens (primary N) is 1. The fraction of sp³-hybridized carbons (Fsp3) is 0.500. The molecule has 2 unspecified atom stereocenters. The molecule has 8 nitrogen and oxygen atoms in total. The maximum absolute atomic E-state index is 14.9. The van der Waals surface area contributed by atoms with Crippen LogP contribution in [0.5, 0.6) is 5.88 Å². The fourth-order valence-electron chi connectivity index (χ4n) is 5.06. The number of amides is 1. The minimum absolute atomic E-state index is 0.0103. The van der Waals surface area contributed by atoms with Crippen molar-refractivity contribution in [2.45, 2.75) is 68.7 Å². The highest BCUT2D eigenvalue weighted by Gasteiger charge is 2.49. The number of nitrogens with zero attached hydrogens (tertiary/aromatic N) is 2. The molecule has 4 N–H and O–H groups in total. The molecule has 1 aromatic heterocycles. The average molecular weight is 451 g/mol. The third kappa shape index (κ3) is 2.97. The van der Waals surface area contributed by atoms with Gasteiger partial charge in [0.15, 0.2) is 6.04 Å². The Balaban J connectivity index is 1.57. The van der Waals surface area contributed by atoms with Crippen molar-refractivity contribution < 1.29 is 22.5 Å². The first-order valence-corrected chi connectivity index (χ1v) is 11.7. The lowest BCUT2D eigenvalue weighted by atomic mass is 9.95. The standard InChI is InChI=1S/C20H23F2N5O3S/c1-20(2)17(27-19(30-20)14(8-25-27)31(23,24)29)18(28)26-16-11-5-3-4-10(11)15(22)12-6-9(21)7-13(12)16/h8-9,17H,3-7H2,1-2H3,(H,26,28)(H3,23,24,29)/t9-,17?/m1/s1. The molecule has 0 fully saturated rings. The molecule has 0 saturated heterocycles. The van der Waals surface area contributed by atoms with E-state index in [0.29, 0.717) is 35.2 Å². The first-order valence-electron chi connectivity index (χ1n) is 10.1. The normalized spacial score (nSPS) is 24.8. The van der Waals surface area contributed by atoms with Gasteiger partial charge in [-0.25, -0.2) is 27.6 Å². The minimum Gasteiger partial charge on any atom is -0.468 e. The number of halogens is 2. The van der Waals surface area contributed by atoms with Crippen molar-refractivity contribution in [3.63, 3.8) is 0 Å². The van der Waals surface area contributed by atoms with Crippen molar-refractivity contribution in [2.24, 2.45) is 5.14 Å². The lowest BCUT2D eigenvalue weighted by molar-refractivity contribution is -0.122. The van der Waals surface area contributed by atoms with Crippen molar-refractivity contribution in [1.29, 1.82) is 4.78 Å². The molecular weight excluding hydrogens is 428 g/mol. The van der Waals surface area contributed by atoms with Gasteiger partial charge in [0.25, 0.3) is 5.91 Å². The lowest BCUT2D eigenvalue weighted by Gasteiger charge is -2.26. The Kier molecular flexibility index (Phi) is 4.26.